The van der Waals surface area contributed by atoms with Gasteiger partial charge >= 0.3 is 0 Å². The van der Waals surface area contributed by atoms with Crippen molar-refractivity contribution in [1.29, 1.82) is 0 Å². The number of benzene rings is 1. The number of nitrogens with zero attached hydrogens (tertiary/aromatic N) is 3. The number of aromatic nitrogens is 4. The van der Waals surface area contributed by atoms with Gasteiger partial charge in [0.25, 0.3) is 5.56 Å². The lowest BCUT2D eigenvalue weighted by molar-refractivity contribution is 0.395. The number of fused-ring (bicyclic) bond motifs is 1. The van der Waals surface area contributed by atoms with Crippen molar-refractivity contribution >= 4 is 5.52 Å². The fourth-order valence-corrected chi connectivity index (χ4v) is 2.45. The van der Waals surface area contributed by atoms with Crippen molar-refractivity contribution in [2.45, 2.75) is 13.8 Å². The highest BCUT2D eigenvalue weighted by molar-refractivity contribution is 5.66. The molecule has 1 aromatic carbocycles. The molecule has 0 spiro atoms. The first kappa shape index (κ1) is 14.1. The number of rotatable bonds is 3. The monoisotopic (exact) mass is 300 g/mol. The molecule has 0 atom stereocenters. The van der Waals surface area contributed by atoms with E-state index in [-0.39, 0.29) is 5.56 Å². The number of hydrogen-bond acceptors (Lipinski definition) is 5. The lowest BCUT2D eigenvalue weighted by Crippen LogP contribution is -2.15. The zero-order chi connectivity index (χ0) is 15.9. The van der Waals surface area contributed by atoms with Crippen LogP contribution >= 0.6 is 0 Å². The molecule has 3 rings (SSSR count). The molecule has 22 heavy (non-hydrogen) atoms. The minimum atomic E-state index is -0.235. The van der Waals surface area contributed by atoms with Gasteiger partial charge in [0, 0.05) is 6.07 Å². The zero-order valence-electron chi connectivity index (χ0n) is 12.8. The van der Waals surface area contributed by atoms with Gasteiger partial charge in [0.2, 0.25) is 0 Å². The summed E-state index contributed by atoms with van der Waals surface area (Å²) >= 11 is 0. The van der Waals surface area contributed by atoms with Crippen molar-refractivity contribution < 1.29 is 9.47 Å². The van der Waals surface area contributed by atoms with Gasteiger partial charge in [0.05, 0.1) is 25.5 Å². The van der Waals surface area contributed by atoms with Crippen LogP contribution in [0.25, 0.3) is 16.9 Å². The molecular weight excluding hydrogens is 284 g/mol. The maximum atomic E-state index is 12.3. The number of H-pyrrole nitrogens is 1. The molecule has 0 aliphatic rings. The van der Waals surface area contributed by atoms with Gasteiger partial charge in [-0.25, -0.2) is 9.50 Å². The highest BCUT2D eigenvalue weighted by atomic mass is 16.5. The SMILES string of the molecule is COc1ccc(-c2nn3c(C)nc(C)c3c(=O)[nH]2)c(OC)c1. The summed E-state index contributed by atoms with van der Waals surface area (Å²) in [5, 5.41) is 4.47. The third-order valence-electron chi connectivity index (χ3n) is 3.50. The van der Waals surface area contributed by atoms with Crippen LogP contribution < -0.4 is 15.0 Å². The third kappa shape index (κ3) is 2.11. The normalized spacial score (nSPS) is 10.9. The first-order valence-electron chi connectivity index (χ1n) is 6.73. The lowest BCUT2D eigenvalue weighted by Gasteiger charge is -2.10. The van der Waals surface area contributed by atoms with E-state index in [1.807, 2.05) is 6.92 Å². The molecule has 0 aliphatic heterocycles. The van der Waals surface area contributed by atoms with Gasteiger partial charge in [0.1, 0.15) is 17.3 Å². The zero-order valence-corrected chi connectivity index (χ0v) is 12.8. The number of ether oxygens (including phenoxy) is 2. The molecule has 114 valence electrons. The summed E-state index contributed by atoms with van der Waals surface area (Å²) in [5.41, 5.74) is 1.54. The smallest absolute Gasteiger partial charge is 0.277 e. The lowest BCUT2D eigenvalue weighted by atomic mass is 10.2. The van der Waals surface area contributed by atoms with Crippen LogP contribution in [0.3, 0.4) is 0 Å². The van der Waals surface area contributed by atoms with Gasteiger partial charge in [-0.2, -0.15) is 0 Å². The van der Waals surface area contributed by atoms with Crippen LogP contribution in [-0.4, -0.2) is 33.8 Å². The minimum absolute atomic E-state index is 0.235. The summed E-state index contributed by atoms with van der Waals surface area (Å²) in [5.74, 6) is 2.31. The average molecular weight is 300 g/mol. The van der Waals surface area contributed by atoms with Gasteiger partial charge in [-0.1, -0.05) is 0 Å². The topological polar surface area (TPSA) is 81.5 Å². The summed E-state index contributed by atoms with van der Waals surface area (Å²) < 4.78 is 12.1. The predicted molar refractivity (Wildman–Crippen MR) is 81.6 cm³/mol. The molecule has 2 aromatic heterocycles. The first-order valence-corrected chi connectivity index (χ1v) is 6.73. The van der Waals surface area contributed by atoms with E-state index in [1.54, 1.807) is 43.9 Å². The van der Waals surface area contributed by atoms with Crippen LogP contribution in [-0.2, 0) is 0 Å². The molecule has 1 N–H and O–H groups in total. The van der Waals surface area contributed by atoms with Crippen molar-refractivity contribution in [1.82, 2.24) is 19.6 Å². The van der Waals surface area contributed by atoms with Crippen molar-refractivity contribution in [2.75, 3.05) is 14.2 Å². The van der Waals surface area contributed by atoms with Crippen LogP contribution in [0, 0.1) is 13.8 Å². The van der Waals surface area contributed by atoms with E-state index < -0.39 is 0 Å². The van der Waals surface area contributed by atoms with Crippen LogP contribution in [0.1, 0.15) is 11.5 Å². The molecular formula is C15H16N4O3. The summed E-state index contributed by atoms with van der Waals surface area (Å²) in [7, 11) is 3.14. The summed E-state index contributed by atoms with van der Waals surface area (Å²) in [6.45, 7) is 3.59. The Bertz CT molecular complexity index is 911. The Balaban J connectivity index is 2.27. The number of methoxy groups -OCH3 is 2. The Kier molecular flexibility index (Phi) is 3.32. The quantitative estimate of drug-likeness (QED) is 0.796. The van der Waals surface area contributed by atoms with E-state index in [0.29, 0.717) is 39.9 Å². The van der Waals surface area contributed by atoms with Crippen LogP contribution in [0.15, 0.2) is 23.0 Å². The molecule has 3 aromatic rings. The number of nitrogens with one attached hydrogen (secondary N) is 1. The second-order valence-corrected chi connectivity index (χ2v) is 4.87. The van der Waals surface area contributed by atoms with Crippen LogP contribution in [0.2, 0.25) is 0 Å². The summed E-state index contributed by atoms with van der Waals surface area (Å²) in [6, 6.07) is 5.32. The molecule has 0 bridgehead atoms. The van der Waals surface area contributed by atoms with E-state index in [9.17, 15) is 4.79 Å². The van der Waals surface area contributed by atoms with Crippen molar-refractivity contribution in [2.24, 2.45) is 0 Å². The molecule has 0 fully saturated rings. The molecule has 0 unspecified atom stereocenters. The Morgan fingerprint density at radius 3 is 2.64 bits per heavy atom. The standard InChI is InChI=1S/C15H16N4O3/c1-8-13-15(20)17-14(18-19(13)9(2)16-8)11-6-5-10(21-3)7-12(11)22-4/h5-7H,1-4H3,(H,17,18,20). The van der Waals surface area contributed by atoms with Crippen molar-refractivity contribution in [3.05, 3.63) is 40.1 Å². The fourth-order valence-electron chi connectivity index (χ4n) is 2.45. The molecule has 0 radical (unpaired) electrons. The molecule has 2 heterocycles. The van der Waals surface area contributed by atoms with E-state index >= 15 is 0 Å². The Morgan fingerprint density at radius 2 is 1.95 bits per heavy atom. The largest absolute Gasteiger partial charge is 0.497 e. The average Bonchev–Trinajstić information content (AvgIpc) is 2.81. The van der Waals surface area contributed by atoms with E-state index in [0.717, 1.165) is 0 Å². The number of aryl methyl sites for hydroxylation is 2. The first-order chi connectivity index (χ1) is 10.5. The Morgan fingerprint density at radius 1 is 1.18 bits per heavy atom. The third-order valence-corrected chi connectivity index (χ3v) is 3.50. The number of hydrogen-bond donors (Lipinski definition) is 1. The van der Waals surface area contributed by atoms with E-state index in [4.69, 9.17) is 9.47 Å². The highest BCUT2D eigenvalue weighted by Gasteiger charge is 2.15. The maximum absolute atomic E-state index is 12.3. The van der Waals surface area contributed by atoms with Crippen molar-refractivity contribution in [3.8, 4) is 22.9 Å². The molecule has 0 amide bonds. The van der Waals surface area contributed by atoms with Gasteiger partial charge < -0.3 is 14.5 Å². The molecule has 0 saturated carbocycles. The Labute approximate surface area is 126 Å². The number of imidazole rings is 1. The molecule has 7 heteroatoms. The van der Waals surface area contributed by atoms with Gasteiger partial charge in [-0.3, -0.25) is 4.79 Å². The highest BCUT2D eigenvalue weighted by Crippen LogP contribution is 2.30. The van der Waals surface area contributed by atoms with Gasteiger partial charge in [-0.05, 0) is 26.0 Å². The number of aromatic amines is 1. The van der Waals surface area contributed by atoms with E-state index in [1.165, 1.54) is 0 Å². The van der Waals surface area contributed by atoms with Gasteiger partial charge in [-0.15, -0.1) is 5.10 Å². The molecule has 0 aliphatic carbocycles. The second kappa shape index (κ2) is 5.18. The van der Waals surface area contributed by atoms with Crippen LogP contribution in [0.4, 0.5) is 0 Å². The van der Waals surface area contributed by atoms with Gasteiger partial charge in [0.15, 0.2) is 11.3 Å². The summed E-state index contributed by atoms with van der Waals surface area (Å²) in [4.78, 5) is 19.4. The maximum Gasteiger partial charge on any atom is 0.277 e. The Hall–Kier alpha value is -2.83. The predicted octanol–water partition coefficient (Wildman–Crippen LogP) is 1.72. The van der Waals surface area contributed by atoms with Crippen molar-refractivity contribution in [3.63, 3.8) is 0 Å². The van der Waals surface area contributed by atoms with E-state index in [2.05, 4.69) is 15.1 Å². The molecule has 7 nitrogen and oxygen atoms in total. The van der Waals surface area contributed by atoms with Crippen LogP contribution in [0.5, 0.6) is 11.5 Å². The molecule has 0 saturated heterocycles. The fraction of sp³-hybridized carbons (Fsp3) is 0.267. The minimum Gasteiger partial charge on any atom is -0.497 e. The second-order valence-electron chi connectivity index (χ2n) is 4.87. The summed E-state index contributed by atoms with van der Waals surface area (Å²) in [6.07, 6.45) is 0.